The molecule has 6 aromatic carbocycles. The van der Waals surface area contributed by atoms with Crippen LogP contribution in [0.4, 0.5) is 0 Å². The average molecular weight is 553 g/mol. The zero-order chi connectivity index (χ0) is 28.2. The van der Waals surface area contributed by atoms with Crippen molar-refractivity contribution in [1.82, 2.24) is 0 Å². The summed E-state index contributed by atoms with van der Waals surface area (Å²) in [5.74, 6) is 0. The molecule has 0 atom stereocenters. The number of thiophene rings is 1. The number of hydrogen-bond acceptors (Lipinski definition) is 4. The van der Waals surface area contributed by atoms with E-state index in [0.717, 1.165) is 55.1 Å². The van der Waals surface area contributed by atoms with Gasteiger partial charge in [-0.25, -0.2) is 0 Å². The fourth-order valence-electron chi connectivity index (χ4n) is 6.05. The third kappa shape index (κ3) is 3.64. The zero-order valence-corrected chi connectivity index (χ0v) is 23.1. The number of nitrogens with zero attached hydrogens (tertiary/aromatic N) is 2. The van der Waals surface area contributed by atoms with Crippen molar-refractivity contribution >= 4 is 53.4 Å². The molecule has 2 aromatic heterocycles. The second-order valence-electron chi connectivity index (χ2n) is 10.3. The molecule has 0 unspecified atom stereocenters. The molecule has 8 rings (SSSR count). The maximum absolute atomic E-state index is 10.7. The van der Waals surface area contributed by atoms with E-state index in [1.54, 1.807) is 11.3 Å². The summed E-state index contributed by atoms with van der Waals surface area (Å²) in [7, 11) is 0. The van der Waals surface area contributed by atoms with E-state index >= 15 is 0 Å². The monoisotopic (exact) mass is 552 g/mol. The van der Waals surface area contributed by atoms with Crippen molar-refractivity contribution < 1.29 is 4.42 Å². The maximum atomic E-state index is 10.7. The van der Waals surface area contributed by atoms with E-state index in [-0.39, 0.29) is 0 Å². The van der Waals surface area contributed by atoms with Crippen molar-refractivity contribution in [3.8, 4) is 45.5 Å². The van der Waals surface area contributed by atoms with Gasteiger partial charge in [-0.3, -0.25) is 0 Å². The summed E-state index contributed by atoms with van der Waals surface area (Å²) in [4.78, 5) is 0. The van der Waals surface area contributed by atoms with Gasteiger partial charge in [0.25, 0.3) is 0 Å². The van der Waals surface area contributed by atoms with E-state index in [0.29, 0.717) is 16.7 Å². The Morgan fingerprint density at radius 2 is 1.12 bits per heavy atom. The van der Waals surface area contributed by atoms with Gasteiger partial charge in [0.2, 0.25) is 0 Å². The number of fused-ring (bicyclic) bond motifs is 6. The molecule has 4 heteroatoms. The average Bonchev–Trinajstić information content (AvgIpc) is 3.61. The van der Waals surface area contributed by atoms with Gasteiger partial charge in [-0.1, -0.05) is 78.9 Å². The molecule has 0 N–H and O–H groups in total. The highest BCUT2D eigenvalue weighted by molar-refractivity contribution is 7.25. The molecule has 2 heterocycles. The van der Waals surface area contributed by atoms with Gasteiger partial charge >= 0.3 is 0 Å². The number of para-hydroxylation sites is 1. The van der Waals surface area contributed by atoms with Crippen LogP contribution in [0.15, 0.2) is 126 Å². The summed E-state index contributed by atoms with van der Waals surface area (Å²) in [6.45, 7) is 0. The van der Waals surface area contributed by atoms with E-state index in [2.05, 4.69) is 54.6 Å². The molecule has 0 fully saturated rings. The molecule has 0 aliphatic rings. The summed E-state index contributed by atoms with van der Waals surface area (Å²) < 4.78 is 8.59. The van der Waals surface area contributed by atoms with Gasteiger partial charge < -0.3 is 4.42 Å². The first-order valence-electron chi connectivity index (χ1n) is 13.6. The molecule has 0 aliphatic heterocycles. The zero-order valence-electron chi connectivity index (χ0n) is 22.3. The standard InChI is InChI=1S/C38H20N2OS/c39-21-32-29(23-8-2-1-3-9-23)20-30(24-14-16-27-26-10-4-6-12-34(26)41-35(27)19-24)33(22-40)38(32)25-15-17-37-31(18-25)28-11-5-7-13-36(28)42-37/h1-20H. The Labute approximate surface area is 245 Å². The molecular weight excluding hydrogens is 532 g/mol. The minimum absolute atomic E-state index is 0.473. The lowest BCUT2D eigenvalue weighted by atomic mass is 9.83. The van der Waals surface area contributed by atoms with Crippen molar-refractivity contribution in [1.29, 1.82) is 10.5 Å². The Hall–Kier alpha value is -5.68. The number of hydrogen-bond donors (Lipinski definition) is 0. The first-order valence-corrected chi connectivity index (χ1v) is 14.4. The number of benzene rings is 6. The van der Waals surface area contributed by atoms with Crippen molar-refractivity contribution in [3.63, 3.8) is 0 Å². The largest absolute Gasteiger partial charge is 0.456 e. The molecule has 0 bridgehead atoms. The van der Waals surface area contributed by atoms with Crippen LogP contribution in [0.1, 0.15) is 11.1 Å². The third-order valence-electron chi connectivity index (χ3n) is 7.99. The third-order valence-corrected chi connectivity index (χ3v) is 9.14. The Balaban J connectivity index is 1.45. The van der Waals surface area contributed by atoms with Crippen molar-refractivity contribution in [2.24, 2.45) is 0 Å². The molecule has 3 nitrogen and oxygen atoms in total. The van der Waals surface area contributed by atoms with Gasteiger partial charge in [0.05, 0.1) is 11.1 Å². The van der Waals surface area contributed by atoms with Crippen LogP contribution in [-0.4, -0.2) is 0 Å². The Morgan fingerprint density at radius 3 is 1.93 bits per heavy atom. The van der Waals surface area contributed by atoms with Crippen LogP contribution < -0.4 is 0 Å². The smallest absolute Gasteiger partial charge is 0.136 e. The molecule has 194 valence electrons. The van der Waals surface area contributed by atoms with Gasteiger partial charge in [0.15, 0.2) is 0 Å². The number of rotatable bonds is 3. The van der Waals surface area contributed by atoms with Gasteiger partial charge in [-0.05, 0) is 59.2 Å². The molecule has 0 aliphatic carbocycles. The first kappa shape index (κ1) is 24.1. The quantitative estimate of drug-likeness (QED) is 0.219. The van der Waals surface area contributed by atoms with Crippen LogP contribution in [0.5, 0.6) is 0 Å². The van der Waals surface area contributed by atoms with E-state index in [1.807, 2.05) is 78.9 Å². The van der Waals surface area contributed by atoms with Crippen LogP contribution in [0.25, 0.3) is 75.5 Å². The molecule has 0 saturated carbocycles. The van der Waals surface area contributed by atoms with Crippen LogP contribution in [0.2, 0.25) is 0 Å². The number of furan rings is 1. The molecule has 0 radical (unpaired) electrons. The van der Waals surface area contributed by atoms with Crippen molar-refractivity contribution in [2.75, 3.05) is 0 Å². The number of nitriles is 2. The Morgan fingerprint density at radius 1 is 0.476 bits per heavy atom. The van der Waals surface area contributed by atoms with E-state index in [9.17, 15) is 10.5 Å². The fourth-order valence-corrected chi connectivity index (χ4v) is 7.14. The molecule has 8 aromatic rings. The molecule has 0 spiro atoms. The molecule has 0 amide bonds. The van der Waals surface area contributed by atoms with Gasteiger partial charge in [-0.2, -0.15) is 10.5 Å². The van der Waals surface area contributed by atoms with E-state index in [1.165, 1.54) is 14.8 Å². The van der Waals surface area contributed by atoms with Crippen LogP contribution in [-0.2, 0) is 0 Å². The lowest BCUT2D eigenvalue weighted by molar-refractivity contribution is 0.669. The first-order chi connectivity index (χ1) is 20.7. The summed E-state index contributed by atoms with van der Waals surface area (Å²) in [6, 6.07) is 45.6. The minimum atomic E-state index is 0.473. The predicted octanol–water partition coefficient (Wildman–Crippen LogP) is 10.7. The summed E-state index contributed by atoms with van der Waals surface area (Å²) in [6.07, 6.45) is 0. The lowest BCUT2D eigenvalue weighted by Gasteiger charge is -2.17. The highest BCUT2D eigenvalue weighted by Crippen LogP contribution is 2.44. The van der Waals surface area contributed by atoms with Crippen LogP contribution in [0, 0.1) is 22.7 Å². The van der Waals surface area contributed by atoms with Crippen molar-refractivity contribution in [3.05, 3.63) is 132 Å². The summed E-state index contributed by atoms with van der Waals surface area (Å²) in [5.41, 5.74) is 7.40. The Bertz CT molecular complexity index is 2430. The van der Waals surface area contributed by atoms with Gasteiger partial charge in [-0.15, -0.1) is 11.3 Å². The highest BCUT2D eigenvalue weighted by Gasteiger charge is 2.23. The highest BCUT2D eigenvalue weighted by atomic mass is 32.1. The minimum Gasteiger partial charge on any atom is -0.456 e. The summed E-state index contributed by atoms with van der Waals surface area (Å²) >= 11 is 1.75. The lowest BCUT2D eigenvalue weighted by Crippen LogP contribution is -1.98. The van der Waals surface area contributed by atoms with Crippen molar-refractivity contribution in [2.45, 2.75) is 0 Å². The van der Waals surface area contributed by atoms with Gasteiger partial charge in [0.1, 0.15) is 23.3 Å². The SMILES string of the molecule is N#Cc1c(-c2ccccc2)cc(-c2ccc3c(c2)oc2ccccc23)c(C#N)c1-c1ccc2sc3ccccc3c2c1. The second kappa shape index (κ2) is 9.46. The van der Waals surface area contributed by atoms with E-state index in [4.69, 9.17) is 4.42 Å². The van der Waals surface area contributed by atoms with Crippen LogP contribution >= 0.6 is 11.3 Å². The molecule has 0 saturated heterocycles. The normalized spacial score (nSPS) is 11.3. The maximum Gasteiger partial charge on any atom is 0.136 e. The summed E-state index contributed by atoms with van der Waals surface area (Å²) in [5, 5.41) is 25.7. The molecular formula is C38H20N2OS. The molecule has 42 heavy (non-hydrogen) atoms. The fraction of sp³-hybridized carbons (Fsp3) is 0. The second-order valence-corrected chi connectivity index (χ2v) is 11.4. The predicted molar refractivity (Wildman–Crippen MR) is 172 cm³/mol. The van der Waals surface area contributed by atoms with E-state index < -0.39 is 0 Å². The van der Waals surface area contributed by atoms with Crippen LogP contribution in [0.3, 0.4) is 0 Å². The Kier molecular flexibility index (Phi) is 5.44. The van der Waals surface area contributed by atoms with Gasteiger partial charge in [0, 0.05) is 47.6 Å². The topological polar surface area (TPSA) is 60.7 Å².